The number of nitrogens with zero attached hydrogens (tertiary/aromatic N) is 2. The van der Waals surface area contributed by atoms with Crippen molar-refractivity contribution in [2.75, 3.05) is 26.0 Å². The molecule has 1 aliphatic heterocycles. The van der Waals surface area contributed by atoms with Gasteiger partial charge in [0.1, 0.15) is 5.69 Å². The van der Waals surface area contributed by atoms with Crippen LogP contribution in [-0.2, 0) is 4.79 Å². The molecule has 2 N–H and O–H groups in total. The average molecular weight is 292 g/mol. The van der Waals surface area contributed by atoms with Gasteiger partial charge in [-0.2, -0.15) is 0 Å². The van der Waals surface area contributed by atoms with Crippen molar-refractivity contribution < 1.29 is 14.5 Å². The number of rotatable bonds is 4. The van der Waals surface area contributed by atoms with Crippen LogP contribution < -0.4 is 10.6 Å². The maximum atomic E-state index is 11.8. The van der Waals surface area contributed by atoms with E-state index in [1.54, 1.807) is 14.1 Å². The van der Waals surface area contributed by atoms with Crippen LogP contribution in [0.3, 0.4) is 0 Å². The van der Waals surface area contributed by atoms with Crippen LogP contribution in [0.4, 0.5) is 11.4 Å². The highest BCUT2D eigenvalue weighted by molar-refractivity contribution is 5.95. The number of nitro benzene ring substituents is 1. The van der Waals surface area contributed by atoms with E-state index in [1.807, 2.05) is 0 Å². The number of carbonyl (C=O) groups excluding carboxylic acids is 2. The second-order valence-electron chi connectivity index (χ2n) is 5.04. The Bertz CT molecular complexity index is 600. The normalized spacial score (nSPS) is 17.2. The van der Waals surface area contributed by atoms with Crippen LogP contribution in [0.2, 0.25) is 0 Å². The maximum Gasteiger partial charge on any atom is 0.293 e. The maximum absolute atomic E-state index is 11.8. The first kappa shape index (κ1) is 14.8. The molecule has 0 radical (unpaired) electrons. The van der Waals surface area contributed by atoms with E-state index in [4.69, 9.17) is 0 Å². The van der Waals surface area contributed by atoms with Crippen LogP contribution in [0.15, 0.2) is 18.2 Å². The van der Waals surface area contributed by atoms with E-state index in [9.17, 15) is 19.7 Å². The van der Waals surface area contributed by atoms with Gasteiger partial charge in [0, 0.05) is 38.7 Å². The predicted octanol–water partition coefficient (Wildman–Crippen LogP) is 0.597. The fourth-order valence-electron chi connectivity index (χ4n) is 2.12. The summed E-state index contributed by atoms with van der Waals surface area (Å²) in [6.07, 6.45) is 0.273. The van der Waals surface area contributed by atoms with Crippen molar-refractivity contribution in [2.45, 2.75) is 12.5 Å². The average Bonchev–Trinajstić information content (AvgIpc) is 2.83. The molecule has 0 spiro atoms. The summed E-state index contributed by atoms with van der Waals surface area (Å²) in [6.45, 7) is 0.425. The minimum atomic E-state index is -0.543. The van der Waals surface area contributed by atoms with Gasteiger partial charge < -0.3 is 15.5 Å². The molecule has 1 heterocycles. The molecule has 0 bridgehead atoms. The third kappa shape index (κ3) is 3.28. The SMILES string of the molecule is CN(C)C(=O)c1ccc(NC2CNC(=O)C2)c([N+](=O)[O-])c1. The zero-order valence-corrected chi connectivity index (χ0v) is 11.8. The first-order chi connectivity index (χ1) is 9.88. The monoisotopic (exact) mass is 292 g/mol. The number of carbonyl (C=O) groups is 2. The van der Waals surface area contributed by atoms with Crippen molar-refractivity contribution in [2.24, 2.45) is 0 Å². The van der Waals surface area contributed by atoms with Crippen molar-refractivity contribution in [3.63, 3.8) is 0 Å². The number of hydrogen-bond donors (Lipinski definition) is 2. The molecule has 112 valence electrons. The van der Waals surface area contributed by atoms with Gasteiger partial charge in [-0.25, -0.2) is 0 Å². The molecule has 1 aromatic rings. The number of nitrogens with one attached hydrogen (secondary N) is 2. The summed E-state index contributed by atoms with van der Waals surface area (Å²) in [5, 5.41) is 16.8. The Hall–Kier alpha value is -2.64. The Labute approximate surface area is 121 Å². The van der Waals surface area contributed by atoms with Crippen molar-refractivity contribution in [1.82, 2.24) is 10.2 Å². The van der Waals surface area contributed by atoms with Crippen LogP contribution in [0.1, 0.15) is 16.8 Å². The first-order valence-electron chi connectivity index (χ1n) is 6.42. The van der Waals surface area contributed by atoms with Crippen LogP contribution in [0.25, 0.3) is 0 Å². The molecule has 8 nitrogen and oxygen atoms in total. The van der Waals surface area contributed by atoms with Gasteiger partial charge in [0.05, 0.1) is 11.0 Å². The molecule has 0 aromatic heterocycles. The summed E-state index contributed by atoms with van der Waals surface area (Å²) in [6, 6.07) is 4.08. The molecule has 2 rings (SSSR count). The lowest BCUT2D eigenvalue weighted by Gasteiger charge is -2.14. The van der Waals surface area contributed by atoms with E-state index in [0.717, 1.165) is 0 Å². The summed E-state index contributed by atoms with van der Waals surface area (Å²) in [5.74, 6) is -0.392. The molecule has 1 unspecified atom stereocenters. The fourth-order valence-corrected chi connectivity index (χ4v) is 2.12. The highest BCUT2D eigenvalue weighted by Gasteiger charge is 2.25. The number of nitro groups is 1. The van der Waals surface area contributed by atoms with E-state index < -0.39 is 4.92 Å². The molecule has 21 heavy (non-hydrogen) atoms. The zero-order valence-electron chi connectivity index (χ0n) is 11.8. The van der Waals surface area contributed by atoms with Gasteiger partial charge in [-0.15, -0.1) is 0 Å². The van der Waals surface area contributed by atoms with Crippen LogP contribution in [0.5, 0.6) is 0 Å². The lowest BCUT2D eigenvalue weighted by Crippen LogP contribution is -2.24. The molecule has 2 amide bonds. The third-order valence-electron chi connectivity index (χ3n) is 3.18. The second-order valence-corrected chi connectivity index (χ2v) is 5.04. The molecular weight excluding hydrogens is 276 g/mol. The molecular formula is C13H16N4O4. The van der Waals surface area contributed by atoms with Crippen molar-refractivity contribution in [1.29, 1.82) is 0 Å². The van der Waals surface area contributed by atoms with Crippen molar-refractivity contribution in [3.05, 3.63) is 33.9 Å². The third-order valence-corrected chi connectivity index (χ3v) is 3.18. The van der Waals surface area contributed by atoms with Gasteiger partial charge in [-0.05, 0) is 12.1 Å². The minimum Gasteiger partial charge on any atom is -0.374 e. The number of hydrogen-bond acceptors (Lipinski definition) is 5. The highest BCUT2D eigenvalue weighted by Crippen LogP contribution is 2.27. The number of benzene rings is 1. The summed E-state index contributed by atoms with van der Waals surface area (Å²) in [4.78, 5) is 35.0. The number of anilines is 1. The Kier molecular flexibility index (Phi) is 4.06. The van der Waals surface area contributed by atoms with E-state index in [1.165, 1.54) is 23.1 Å². The molecule has 0 saturated carbocycles. The summed E-state index contributed by atoms with van der Waals surface area (Å²) >= 11 is 0. The first-order valence-corrected chi connectivity index (χ1v) is 6.42. The Balaban J connectivity index is 2.27. The Morgan fingerprint density at radius 1 is 1.48 bits per heavy atom. The van der Waals surface area contributed by atoms with Crippen LogP contribution >= 0.6 is 0 Å². The molecule has 0 aliphatic carbocycles. The van der Waals surface area contributed by atoms with E-state index in [2.05, 4.69) is 10.6 Å². The van der Waals surface area contributed by atoms with Crippen molar-refractivity contribution >= 4 is 23.2 Å². The van der Waals surface area contributed by atoms with Crippen LogP contribution in [0, 0.1) is 10.1 Å². The summed E-state index contributed by atoms with van der Waals surface area (Å²) in [5.41, 5.74) is 0.372. The topological polar surface area (TPSA) is 105 Å². The molecule has 8 heteroatoms. The zero-order chi connectivity index (χ0) is 15.6. The highest BCUT2D eigenvalue weighted by atomic mass is 16.6. The Morgan fingerprint density at radius 3 is 2.71 bits per heavy atom. The van der Waals surface area contributed by atoms with E-state index >= 15 is 0 Å². The molecule has 1 atom stereocenters. The Morgan fingerprint density at radius 2 is 2.19 bits per heavy atom. The lowest BCUT2D eigenvalue weighted by molar-refractivity contribution is -0.384. The van der Waals surface area contributed by atoms with Crippen LogP contribution in [-0.4, -0.2) is 48.3 Å². The standard InChI is InChI=1S/C13H16N4O4/c1-16(2)13(19)8-3-4-10(11(5-8)17(20)21)15-9-6-12(18)14-7-9/h3-5,9,15H,6-7H2,1-2H3,(H,14,18). The van der Waals surface area contributed by atoms with Gasteiger partial charge in [0.25, 0.3) is 11.6 Å². The minimum absolute atomic E-state index is 0.0884. The molecule has 1 fully saturated rings. The van der Waals surface area contributed by atoms with Gasteiger partial charge in [0.2, 0.25) is 5.91 Å². The largest absolute Gasteiger partial charge is 0.374 e. The van der Waals surface area contributed by atoms with Gasteiger partial charge in [-0.3, -0.25) is 19.7 Å². The quantitative estimate of drug-likeness (QED) is 0.624. The molecule has 1 saturated heterocycles. The molecule has 1 aliphatic rings. The van der Waals surface area contributed by atoms with Gasteiger partial charge >= 0.3 is 0 Å². The van der Waals surface area contributed by atoms with Gasteiger partial charge in [-0.1, -0.05) is 0 Å². The number of amides is 2. The fraction of sp³-hybridized carbons (Fsp3) is 0.385. The smallest absolute Gasteiger partial charge is 0.293 e. The van der Waals surface area contributed by atoms with Crippen molar-refractivity contribution in [3.8, 4) is 0 Å². The molecule has 1 aromatic carbocycles. The van der Waals surface area contributed by atoms with E-state index in [0.29, 0.717) is 12.2 Å². The summed E-state index contributed by atoms with van der Waals surface area (Å²) < 4.78 is 0. The van der Waals surface area contributed by atoms with E-state index in [-0.39, 0.29) is 35.5 Å². The summed E-state index contributed by atoms with van der Waals surface area (Å²) in [7, 11) is 3.16. The lowest BCUT2D eigenvalue weighted by atomic mass is 10.1. The van der Waals surface area contributed by atoms with Gasteiger partial charge in [0.15, 0.2) is 0 Å². The predicted molar refractivity (Wildman–Crippen MR) is 76.2 cm³/mol. The second kappa shape index (κ2) is 5.78.